The van der Waals surface area contributed by atoms with E-state index in [9.17, 15) is 4.79 Å². The van der Waals surface area contributed by atoms with Crippen molar-refractivity contribution in [2.45, 2.75) is 13.5 Å². The molecule has 0 aromatic carbocycles. The number of hydrogen-bond donors (Lipinski definition) is 1. The molecule has 0 unspecified atom stereocenters. The van der Waals surface area contributed by atoms with Crippen LogP contribution in [0.1, 0.15) is 21.9 Å². The van der Waals surface area contributed by atoms with Gasteiger partial charge in [-0.05, 0) is 35.6 Å². The van der Waals surface area contributed by atoms with Crippen molar-refractivity contribution in [3.8, 4) is 0 Å². The van der Waals surface area contributed by atoms with E-state index in [0.717, 1.165) is 3.57 Å². The topological polar surface area (TPSA) is 68.3 Å². The Balaban J connectivity index is 2.30. The molecule has 0 aliphatic rings. The van der Waals surface area contributed by atoms with Gasteiger partial charge in [-0.25, -0.2) is 4.79 Å². The first-order valence-corrected chi connectivity index (χ1v) is 5.65. The molecule has 0 fully saturated rings. The van der Waals surface area contributed by atoms with E-state index < -0.39 is 5.97 Å². The molecule has 2 heterocycles. The van der Waals surface area contributed by atoms with E-state index in [1.807, 2.05) is 0 Å². The average molecular weight is 332 g/mol. The number of halogens is 1. The van der Waals surface area contributed by atoms with Crippen molar-refractivity contribution in [2.75, 3.05) is 0 Å². The Morgan fingerprint density at radius 1 is 1.62 bits per heavy atom. The summed E-state index contributed by atoms with van der Waals surface area (Å²) in [5.41, 5.74) is 0.969. The predicted octanol–water partition coefficient (Wildman–Crippen LogP) is 2.14. The van der Waals surface area contributed by atoms with E-state index in [1.54, 1.807) is 29.8 Å². The molecule has 0 saturated carbocycles. The SMILES string of the molecule is Cc1cc(Cn2cc(I)cc2C(=O)O)no1. The van der Waals surface area contributed by atoms with Crippen LogP contribution in [0.5, 0.6) is 0 Å². The highest BCUT2D eigenvalue weighted by molar-refractivity contribution is 14.1. The molecule has 5 nitrogen and oxygen atoms in total. The lowest BCUT2D eigenvalue weighted by molar-refractivity contribution is 0.0685. The third kappa shape index (κ3) is 2.26. The van der Waals surface area contributed by atoms with Gasteiger partial charge in [0.2, 0.25) is 0 Å². The van der Waals surface area contributed by atoms with Gasteiger partial charge in [0, 0.05) is 15.8 Å². The number of aromatic nitrogens is 2. The summed E-state index contributed by atoms with van der Waals surface area (Å²) >= 11 is 2.08. The number of carboxylic acids is 1. The molecular weight excluding hydrogens is 323 g/mol. The quantitative estimate of drug-likeness (QED) is 0.875. The lowest BCUT2D eigenvalue weighted by atomic mass is 10.3. The molecule has 0 saturated heterocycles. The standard InChI is InChI=1S/C10H9IN2O3/c1-6-2-8(12-16-6)5-13-4-7(11)3-9(13)10(14)15/h2-4H,5H2,1H3,(H,14,15). The predicted molar refractivity (Wildman–Crippen MR) is 64.5 cm³/mol. The van der Waals surface area contributed by atoms with Crippen LogP contribution in [0.25, 0.3) is 0 Å². The summed E-state index contributed by atoms with van der Waals surface area (Å²) in [6.07, 6.45) is 1.77. The lowest BCUT2D eigenvalue weighted by Crippen LogP contribution is -2.08. The van der Waals surface area contributed by atoms with Crippen molar-refractivity contribution in [2.24, 2.45) is 0 Å². The Kier molecular flexibility index (Phi) is 2.99. The van der Waals surface area contributed by atoms with Crippen LogP contribution in [0.2, 0.25) is 0 Å². The molecule has 84 valence electrons. The van der Waals surface area contributed by atoms with Crippen molar-refractivity contribution >= 4 is 28.6 Å². The van der Waals surface area contributed by atoms with Crippen LogP contribution in [-0.2, 0) is 6.54 Å². The highest BCUT2D eigenvalue weighted by Gasteiger charge is 2.12. The second kappa shape index (κ2) is 4.28. The smallest absolute Gasteiger partial charge is 0.352 e. The van der Waals surface area contributed by atoms with Gasteiger partial charge in [0.15, 0.2) is 0 Å². The number of carboxylic acid groups (broad SMARTS) is 1. The van der Waals surface area contributed by atoms with Gasteiger partial charge in [0.1, 0.15) is 17.1 Å². The number of aryl methyl sites for hydroxylation is 1. The lowest BCUT2D eigenvalue weighted by Gasteiger charge is -2.02. The van der Waals surface area contributed by atoms with E-state index in [1.165, 1.54) is 0 Å². The van der Waals surface area contributed by atoms with E-state index >= 15 is 0 Å². The minimum absolute atomic E-state index is 0.255. The molecule has 0 bridgehead atoms. The third-order valence-electron chi connectivity index (χ3n) is 2.09. The second-order valence-corrected chi connectivity index (χ2v) is 4.65. The largest absolute Gasteiger partial charge is 0.477 e. The maximum Gasteiger partial charge on any atom is 0.352 e. The van der Waals surface area contributed by atoms with Crippen LogP contribution in [0.3, 0.4) is 0 Å². The number of nitrogens with zero attached hydrogens (tertiary/aromatic N) is 2. The minimum Gasteiger partial charge on any atom is -0.477 e. The zero-order valence-electron chi connectivity index (χ0n) is 8.48. The fraction of sp³-hybridized carbons (Fsp3) is 0.200. The Labute approximate surface area is 105 Å². The Hall–Kier alpha value is -1.31. The molecule has 0 spiro atoms. The normalized spacial score (nSPS) is 10.6. The monoisotopic (exact) mass is 332 g/mol. The fourth-order valence-corrected chi connectivity index (χ4v) is 2.08. The van der Waals surface area contributed by atoms with Gasteiger partial charge in [0.25, 0.3) is 0 Å². The first kappa shape index (κ1) is 11.2. The first-order valence-electron chi connectivity index (χ1n) is 4.57. The van der Waals surface area contributed by atoms with Gasteiger partial charge in [-0.3, -0.25) is 0 Å². The van der Waals surface area contributed by atoms with Crippen LogP contribution in [-0.4, -0.2) is 20.8 Å². The molecule has 0 aliphatic carbocycles. The Bertz CT molecular complexity index is 530. The molecule has 2 rings (SSSR count). The zero-order chi connectivity index (χ0) is 11.7. The summed E-state index contributed by atoms with van der Waals surface area (Å²) in [5, 5.41) is 12.8. The van der Waals surface area contributed by atoms with Crippen LogP contribution < -0.4 is 0 Å². The molecule has 6 heteroatoms. The summed E-state index contributed by atoms with van der Waals surface area (Å²) in [5.74, 6) is -0.225. The summed E-state index contributed by atoms with van der Waals surface area (Å²) in [7, 11) is 0. The molecule has 0 aliphatic heterocycles. The van der Waals surface area contributed by atoms with Crippen LogP contribution >= 0.6 is 22.6 Å². The van der Waals surface area contributed by atoms with E-state index in [0.29, 0.717) is 18.0 Å². The molecule has 1 N–H and O–H groups in total. The van der Waals surface area contributed by atoms with Gasteiger partial charge >= 0.3 is 5.97 Å². The highest BCUT2D eigenvalue weighted by Crippen LogP contribution is 2.13. The number of hydrogen-bond acceptors (Lipinski definition) is 3. The van der Waals surface area contributed by atoms with Crippen LogP contribution in [0.15, 0.2) is 22.9 Å². The molecule has 0 amide bonds. The summed E-state index contributed by atoms with van der Waals surface area (Å²) in [4.78, 5) is 11.0. The summed E-state index contributed by atoms with van der Waals surface area (Å²) in [6.45, 7) is 2.20. The molecule has 0 atom stereocenters. The Morgan fingerprint density at radius 3 is 2.94 bits per heavy atom. The number of rotatable bonds is 3. The maximum absolute atomic E-state index is 11.0. The molecule has 2 aromatic heterocycles. The van der Waals surface area contributed by atoms with Gasteiger partial charge in [-0.2, -0.15) is 0 Å². The molecule has 2 aromatic rings. The van der Waals surface area contributed by atoms with E-state index in [-0.39, 0.29) is 5.69 Å². The maximum atomic E-state index is 11.0. The third-order valence-corrected chi connectivity index (χ3v) is 2.68. The van der Waals surface area contributed by atoms with E-state index in [2.05, 4.69) is 27.7 Å². The van der Waals surface area contributed by atoms with Crippen molar-refractivity contribution in [3.05, 3.63) is 39.0 Å². The highest BCUT2D eigenvalue weighted by atomic mass is 127. The van der Waals surface area contributed by atoms with Gasteiger partial charge in [-0.15, -0.1) is 0 Å². The summed E-state index contributed by atoms with van der Waals surface area (Å²) in [6, 6.07) is 3.41. The van der Waals surface area contributed by atoms with Gasteiger partial charge < -0.3 is 14.2 Å². The molecule has 0 radical (unpaired) electrons. The van der Waals surface area contributed by atoms with Gasteiger partial charge in [-0.1, -0.05) is 5.16 Å². The average Bonchev–Trinajstić information content (AvgIpc) is 2.74. The number of aromatic carboxylic acids is 1. The second-order valence-electron chi connectivity index (χ2n) is 3.41. The Morgan fingerprint density at radius 2 is 2.38 bits per heavy atom. The number of carbonyl (C=O) groups is 1. The van der Waals surface area contributed by atoms with Crippen molar-refractivity contribution in [1.82, 2.24) is 9.72 Å². The van der Waals surface area contributed by atoms with Gasteiger partial charge in [0.05, 0.1) is 6.54 Å². The van der Waals surface area contributed by atoms with Crippen molar-refractivity contribution < 1.29 is 14.4 Å². The summed E-state index contributed by atoms with van der Waals surface area (Å²) < 4.78 is 7.46. The van der Waals surface area contributed by atoms with Crippen LogP contribution in [0.4, 0.5) is 0 Å². The van der Waals surface area contributed by atoms with Crippen molar-refractivity contribution in [1.29, 1.82) is 0 Å². The molecular formula is C10H9IN2O3. The van der Waals surface area contributed by atoms with Crippen molar-refractivity contribution in [3.63, 3.8) is 0 Å². The zero-order valence-corrected chi connectivity index (χ0v) is 10.6. The molecule has 16 heavy (non-hydrogen) atoms. The fourth-order valence-electron chi connectivity index (χ4n) is 1.45. The van der Waals surface area contributed by atoms with Crippen LogP contribution in [0, 0.1) is 10.5 Å². The van der Waals surface area contributed by atoms with E-state index in [4.69, 9.17) is 9.63 Å². The minimum atomic E-state index is -0.942. The first-order chi connectivity index (χ1) is 7.56.